The van der Waals surface area contributed by atoms with Gasteiger partial charge in [-0.15, -0.1) is 0 Å². The number of nitrogens with zero attached hydrogens (tertiary/aromatic N) is 3. The fraction of sp³-hybridized carbons (Fsp3) is 0.382. The highest BCUT2D eigenvalue weighted by atomic mass is 16.5. The minimum absolute atomic E-state index is 0.180. The van der Waals surface area contributed by atoms with Gasteiger partial charge in [0.1, 0.15) is 5.75 Å². The highest BCUT2D eigenvalue weighted by Crippen LogP contribution is 2.38. The van der Waals surface area contributed by atoms with E-state index in [1.807, 2.05) is 60.5 Å². The topological polar surface area (TPSA) is 37.7 Å². The number of piperidine rings is 1. The molecular formula is C34H41N3O2. The molecule has 4 aromatic rings. The Morgan fingerprint density at radius 3 is 2.26 bits per heavy atom. The maximum absolute atomic E-state index is 13.5. The van der Waals surface area contributed by atoms with Crippen molar-refractivity contribution in [3.8, 4) is 5.75 Å². The maximum Gasteiger partial charge on any atom is 0.223 e. The number of ether oxygens (including phenoxy) is 1. The van der Waals surface area contributed by atoms with Crippen molar-refractivity contribution in [2.75, 3.05) is 26.7 Å². The normalized spacial score (nSPS) is 15.5. The number of amides is 1. The van der Waals surface area contributed by atoms with Crippen molar-refractivity contribution < 1.29 is 9.53 Å². The van der Waals surface area contributed by atoms with Gasteiger partial charge in [-0.1, -0.05) is 66.7 Å². The van der Waals surface area contributed by atoms with E-state index in [0.29, 0.717) is 25.6 Å². The van der Waals surface area contributed by atoms with E-state index in [4.69, 9.17) is 4.74 Å². The van der Waals surface area contributed by atoms with Crippen LogP contribution < -0.4 is 4.74 Å². The van der Waals surface area contributed by atoms with Crippen LogP contribution in [0.5, 0.6) is 5.75 Å². The zero-order chi connectivity index (χ0) is 27.2. The van der Waals surface area contributed by atoms with Gasteiger partial charge in [-0.2, -0.15) is 0 Å². The molecule has 2 heterocycles. The van der Waals surface area contributed by atoms with Gasteiger partial charge in [0, 0.05) is 55.1 Å². The number of hydrogen-bond donors (Lipinski definition) is 0. The average Bonchev–Trinajstić information content (AvgIpc) is 3.33. The van der Waals surface area contributed by atoms with E-state index in [2.05, 4.69) is 65.9 Å². The lowest BCUT2D eigenvalue weighted by Crippen LogP contribution is -2.45. The molecule has 1 aliphatic heterocycles. The minimum atomic E-state index is -0.180. The fourth-order valence-electron chi connectivity index (χ4n) is 5.78. The molecule has 0 unspecified atom stereocenters. The summed E-state index contributed by atoms with van der Waals surface area (Å²) in [5, 5.41) is 1.34. The molecule has 204 valence electrons. The van der Waals surface area contributed by atoms with E-state index in [9.17, 15) is 4.79 Å². The number of rotatable bonds is 10. The predicted octanol–water partition coefficient (Wildman–Crippen LogP) is 6.93. The third-order valence-electron chi connectivity index (χ3n) is 8.19. The summed E-state index contributed by atoms with van der Waals surface area (Å²) in [6.07, 6.45) is 4.71. The number of aromatic nitrogens is 1. The monoisotopic (exact) mass is 523 g/mol. The summed E-state index contributed by atoms with van der Waals surface area (Å²) < 4.78 is 8.68. The molecule has 1 amide bonds. The lowest BCUT2D eigenvalue weighted by Gasteiger charge is -2.42. The van der Waals surface area contributed by atoms with E-state index in [1.54, 1.807) is 0 Å². The predicted molar refractivity (Wildman–Crippen MR) is 159 cm³/mol. The highest BCUT2D eigenvalue weighted by molar-refractivity contribution is 5.84. The SMILES string of the molecule is CC(C)n1cc(CN2CCC(COc3ccccc3)(CC(=O)N(C)Cc3ccccc3)CC2)c2ccccc21. The first-order chi connectivity index (χ1) is 18.9. The van der Waals surface area contributed by atoms with Crippen LogP contribution in [0.2, 0.25) is 0 Å². The Balaban J connectivity index is 1.28. The Kier molecular flexibility index (Phi) is 8.37. The first kappa shape index (κ1) is 27.0. The second kappa shape index (κ2) is 12.1. The van der Waals surface area contributed by atoms with Crippen LogP contribution in [0, 0.1) is 5.41 Å². The Bertz CT molecular complexity index is 1360. The summed E-state index contributed by atoms with van der Waals surface area (Å²) in [7, 11) is 1.92. The van der Waals surface area contributed by atoms with Crippen molar-refractivity contribution in [3.63, 3.8) is 0 Å². The number of carbonyl (C=O) groups is 1. The first-order valence-electron chi connectivity index (χ1n) is 14.2. The average molecular weight is 524 g/mol. The Morgan fingerprint density at radius 1 is 0.923 bits per heavy atom. The van der Waals surface area contributed by atoms with Gasteiger partial charge in [-0.05, 0) is 69.1 Å². The molecule has 1 saturated heterocycles. The van der Waals surface area contributed by atoms with Crippen molar-refractivity contribution >= 4 is 16.8 Å². The summed E-state index contributed by atoms with van der Waals surface area (Å²) in [5.41, 5.74) is 3.65. The van der Waals surface area contributed by atoms with E-state index < -0.39 is 0 Å². The highest BCUT2D eigenvalue weighted by Gasteiger charge is 2.38. The van der Waals surface area contributed by atoms with Crippen LogP contribution in [-0.4, -0.2) is 47.0 Å². The van der Waals surface area contributed by atoms with Gasteiger partial charge in [0.15, 0.2) is 0 Å². The number of likely N-dealkylation sites (tertiary alicyclic amines) is 1. The molecule has 0 radical (unpaired) electrons. The standard InChI is InChI=1S/C34H41N3O2/c1-27(2)37-25-29(31-16-10-11-17-32(31)37)24-36-20-18-34(19-21-36,26-39-30-14-8-5-9-15-30)22-33(38)35(3)23-28-12-6-4-7-13-28/h4-17,25,27H,18-24,26H2,1-3H3. The molecule has 39 heavy (non-hydrogen) atoms. The van der Waals surface area contributed by atoms with Gasteiger partial charge in [-0.25, -0.2) is 0 Å². The molecule has 5 rings (SSSR count). The molecule has 5 heteroatoms. The van der Waals surface area contributed by atoms with Crippen molar-refractivity contribution in [1.29, 1.82) is 0 Å². The molecule has 1 aliphatic rings. The smallest absolute Gasteiger partial charge is 0.223 e. The molecule has 3 aromatic carbocycles. The minimum Gasteiger partial charge on any atom is -0.493 e. The zero-order valence-corrected chi connectivity index (χ0v) is 23.6. The molecule has 1 fully saturated rings. The molecular weight excluding hydrogens is 482 g/mol. The second-order valence-corrected chi connectivity index (χ2v) is 11.5. The van der Waals surface area contributed by atoms with Crippen molar-refractivity contribution in [1.82, 2.24) is 14.4 Å². The van der Waals surface area contributed by atoms with E-state index in [0.717, 1.165) is 43.8 Å². The summed E-state index contributed by atoms with van der Waals surface area (Å²) in [5.74, 6) is 1.05. The number of para-hydroxylation sites is 2. The van der Waals surface area contributed by atoms with Crippen LogP contribution in [0.25, 0.3) is 10.9 Å². The Hall–Kier alpha value is -3.57. The van der Waals surface area contributed by atoms with Crippen molar-refractivity contribution in [2.24, 2.45) is 5.41 Å². The van der Waals surface area contributed by atoms with Crippen molar-refractivity contribution in [3.05, 3.63) is 102 Å². The molecule has 0 spiro atoms. The van der Waals surface area contributed by atoms with Gasteiger partial charge in [0.2, 0.25) is 5.91 Å². The third-order valence-corrected chi connectivity index (χ3v) is 8.19. The molecule has 0 atom stereocenters. The van der Waals surface area contributed by atoms with Gasteiger partial charge in [-0.3, -0.25) is 9.69 Å². The van der Waals surface area contributed by atoms with Crippen LogP contribution in [0.4, 0.5) is 0 Å². The van der Waals surface area contributed by atoms with E-state index in [-0.39, 0.29) is 11.3 Å². The summed E-state index contributed by atoms with van der Waals surface area (Å²) in [6, 6.07) is 29.3. The largest absolute Gasteiger partial charge is 0.493 e. The van der Waals surface area contributed by atoms with Gasteiger partial charge >= 0.3 is 0 Å². The number of fused-ring (bicyclic) bond motifs is 1. The summed E-state index contributed by atoms with van der Waals surface area (Å²) in [4.78, 5) is 17.9. The second-order valence-electron chi connectivity index (χ2n) is 11.5. The molecule has 0 N–H and O–H groups in total. The number of carbonyl (C=O) groups excluding carboxylic acids is 1. The number of benzene rings is 3. The van der Waals surface area contributed by atoms with Gasteiger partial charge < -0.3 is 14.2 Å². The van der Waals surface area contributed by atoms with E-state index >= 15 is 0 Å². The van der Waals surface area contributed by atoms with Crippen LogP contribution >= 0.6 is 0 Å². The zero-order valence-electron chi connectivity index (χ0n) is 23.6. The molecule has 1 aromatic heterocycles. The number of hydrogen-bond acceptors (Lipinski definition) is 3. The third kappa shape index (κ3) is 6.54. The maximum atomic E-state index is 13.5. The van der Waals surface area contributed by atoms with E-state index in [1.165, 1.54) is 16.5 Å². The summed E-state index contributed by atoms with van der Waals surface area (Å²) >= 11 is 0. The lowest BCUT2D eigenvalue weighted by atomic mass is 9.75. The van der Waals surface area contributed by atoms with Crippen LogP contribution in [0.3, 0.4) is 0 Å². The van der Waals surface area contributed by atoms with Crippen LogP contribution in [0.1, 0.15) is 50.3 Å². The van der Waals surface area contributed by atoms with Crippen LogP contribution in [0.15, 0.2) is 91.1 Å². The van der Waals surface area contributed by atoms with Crippen molar-refractivity contribution in [2.45, 2.75) is 52.2 Å². The van der Waals surface area contributed by atoms with Crippen LogP contribution in [-0.2, 0) is 17.9 Å². The lowest BCUT2D eigenvalue weighted by molar-refractivity contribution is -0.134. The molecule has 0 bridgehead atoms. The summed E-state index contributed by atoms with van der Waals surface area (Å²) in [6.45, 7) is 8.50. The molecule has 5 nitrogen and oxygen atoms in total. The Morgan fingerprint density at radius 2 is 1.56 bits per heavy atom. The fourth-order valence-corrected chi connectivity index (χ4v) is 5.78. The molecule has 0 saturated carbocycles. The van der Waals surface area contributed by atoms with Gasteiger partial charge in [0.25, 0.3) is 0 Å². The quantitative estimate of drug-likeness (QED) is 0.226. The molecule has 0 aliphatic carbocycles. The Labute approximate surface area is 233 Å². The van der Waals surface area contributed by atoms with Gasteiger partial charge in [0.05, 0.1) is 6.61 Å². The first-order valence-corrected chi connectivity index (χ1v) is 14.2.